The van der Waals surface area contributed by atoms with Gasteiger partial charge in [0.05, 0.1) is 0 Å². The Bertz CT molecular complexity index is 421. The average Bonchev–Trinajstić information content (AvgIpc) is 2.28. The van der Waals surface area contributed by atoms with Crippen LogP contribution < -0.4 is 5.32 Å². The summed E-state index contributed by atoms with van der Waals surface area (Å²) in [5.41, 5.74) is 4.46. The first-order valence-corrected chi connectivity index (χ1v) is 6.89. The zero-order valence-electron chi connectivity index (χ0n) is 11.7. The third kappa shape index (κ3) is 2.99. The van der Waals surface area contributed by atoms with Crippen LogP contribution in [0.5, 0.6) is 0 Å². The molecule has 0 unspecified atom stereocenters. The van der Waals surface area contributed by atoms with Crippen molar-refractivity contribution in [2.45, 2.75) is 40.0 Å². The molecule has 1 aromatic carbocycles. The van der Waals surface area contributed by atoms with Crippen LogP contribution in [-0.2, 0) is 0 Å². The van der Waals surface area contributed by atoms with E-state index in [0.717, 1.165) is 42.6 Å². The first kappa shape index (κ1) is 13.3. The molecule has 0 aliphatic carbocycles. The van der Waals surface area contributed by atoms with Crippen molar-refractivity contribution in [2.24, 2.45) is 5.92 Å². The number of aryl methyl sites for hydroxylation is 3. The summed E-state index contributed by atoms with van der Waals surface area (Å²) in [7, 11) is 0. The van der Waals surface area contributed by atoms with Crippen LogP contribution >= 0.6 is 0 Å². The van der Waals surface area contributed by atoms with Crippen molar-refractivity contribution in [1.29, 1.82) is 0 Å². The summed E-state index contributed by atoms with van der Waals surface area (Å²) in [4.78, 5) is 12.4. The summed E-state index contributed by atoms with van der Waals surface area (Å²) in [6.45, 7) is 8.31. The first-order valence-electron chi connectivity index (χ1n) is 6.89. The fraction of sp³-hybridized carbons (Fsp3) is 0.562. The van der Waals surface area contributed by atoms with Gasteiger partial charge in [0.1, 0.15) is 0 Å². The van der Waals surface area contributed by atoms with Gasteiger partial charge in [-0.2, -0.15) is 0 Å². The molecular formula is C16H23NO. The van der Waals surface area contributed by atoms with Gasteiger partial charge >= 0.3 is 0 Å². The molecule has 2 heteroatoms. The molecule has 1 aliphatic heterocycles. The lowest BCUT2D eigenvalue weighted by Gasteiger charge is -2.22. The molecule has 0 saturated carbocycles. The molecule has 1 aromatic rings. The number of piperidine rings is 1. The minimum atomic E-state index is 0.330. The van der Waals surface area contributed by atoms with Crippen LogP contribution in [0.2, 0.25) is 0 Å². The monoisotopic (exact) mass is 245 g/mol. The molecule has 1 heterocycles. The Morgan fingerprint density at radius 1 is 1.17 bits per heavy atom. The average molecular weight is 245 g/mol. The summed E-state index contributed by atoms with van der Waals surface area (Å²) in [6.07, 6.45) is 2.98. The van der Waals surface area contributed by atoms with Gasteiger partial charge in [-0.05, 0) is 63.7 Å². The van der Waals surface area contributed by atoms with Crippen LogP contribution in [0.4, 0.5) is 0 Å². The molecule has 0 radical (unpaired) electrons. The van der Waals surface area contributed by atoms with E-state index in [1.54, 1.807) is 0 Å². The van der Waals surface area contributed by atoms with Gasteiger partial charge < -0.3 is 5.32 Å². The highest BCUT2D eigenvalue weighted by atomic mass is 16.1. The van der Waals surface area contributed by atoms with E-state index in [1.165, 1.54) is 5.56 Å². The van der Waals surface area contributed by atoms with Crippen molar-refractivity contribution >= 4 is 5.78 Å². The summed E-state index contributed by atoms with van der Waals surface area (Å²) >= 11 is 0. The fourth-order valence-electron chi connectivity index (χ4n) is 3.07. The number of carbonyl (C=O) groups excluding carboxylic acids is 1. The van der Waals surface area contributed by atoms with Crippen molar-refractivity contribution in [3.63, 3.8) is 0 Å². The SMILES string of the molecule is Cc1cc(C)c(C(=O)CC2CCNCC2)c(C)c1. The Morgan fingerprint density at radius 2 is 1.72 bits per heavy atom. The van der Waals surface area contributed by atoms with Gasteiger partial charge in [0, 0.05) is 12.0 Å². The highest BCUT2D eigenvalue weighted by Gasteiger charge is 2.20. The van der Waals surface area contributed by atoms with Gasteiger partial charge in [-0.15, -0.1) is 0 Å². The van der Waals surface area contributed by atoms with Crippen molar-refractivity contribution in [3.05, 3.63) is 34.4 Å². The van der Waals surface area contributed by atoms with Gasteiger partial charge in [-0.3, -0.25) is 4.79 Å². The molecule has 0 spiro atoms. The number of hydrogen-bond acceptors (Lipinski definition) is 2. The van der Waals surface area contributed by atoms with Crippen LogP contribution in [0.3, 0.4) is 0 Å². The highest BCUT2D eigenvalue weighted by molar-refractivity contribution is 5.99. The van der Waals surface area contributed by atoms with Crippen LogP contribution in [0, 0.1) is 26.7 Å². The molecule has 98 valence electrons. The minimum absolute atomic E-state index is 0.330. The number of hydrogen-bond donors (Lipinski definition) is 1. The van der Waals surface area contributed by atoms with E-state index in [9.17, 15) is 4.79 Å². The maximum atomic E-state index is 12.4. The molecule has 0 aromatic heterocycles. The summed E-state index contributed by atoms with van der Waals surface area (Å²) in [5, 5.41) is 3.35. The number of rotatable bonds is 3. The van der Waals surface area contributed by atoms with Crippen LogP contribution in [-0.4, -0.2) is 18.9 Å². The topological polar surface area (TPSA) is 29.1 Å². The Morgan fingerprint density at radius 3 is 2.28 bits per heavy atom. The molecule has 1 saturated heterocycles. The number of Topliss-reactive ketones (excluding diaryl/α,β-unsaturated/α-hetero) is 1. The Balaban J connectivity index is 2.13. The van der Waals surface area contributed by atoms with E-state index in [0.29, 0.717) is 18.1 Å². The lowest BCUT2D eigenvalue weighted by molar-refractivity contribution is 0.0951. The molecule has 1 aliphatic rings. The summed E-state index contributed by atoms with van der Waals surface area (Å²) in [6, 6.07) is 4.23. The van der Waals surface area contributed by atoms with E-state index in [4.69, 9.17) is 0 Å². The first-order chi connectivity index (χ1) is 8.58. The van der Waals surface area contributed by atoms with Gasteiger partial charge in [-0.25, -0.2) is 0 Å². The summed E-state index contributed by atoms with van der Waals surface area (Å²) in [5.74, 6) is 0.899. The number of ketones is 1. The second kappa shape index (κ2) is 5.66. The highest BCUT2D eigenvalue weighted by Crippen LogP contribution is 2.23. The van der Waals surface area contributed by atoms with Crippen molar-refractivity contribution < 1.29 is 4.79 Å². The van der Waals surface area contributed by atoms with Gasteiger partial charge in [0.2, 0.25) is 0 Å². The molecule has 2 nitrogen and oxygen atoms in total. The lowest BCUT2D eigenvalue weighted by atomic mass is 9.87. The number of carbonyl (C=O) groups is 1. The van der Waals surface area contributed by atoms with E-state index < -0.39 is 0 Å². The minimum Gasteiger partial charge on any atom is -0.317 e. The number of nitrogens with one attached hydrogen (secondary N) is 1. The van der Waals surface area contributed by atoms with Gasteiger partial charge in [0.15, 0.2) is 5.78 Å². The third-order valence-electron chi connectivity index (χ3n) is 3.89. The standard InChI is InChI=1S/C16H23NO/c1-11-8-12(2)16(13(3)9-11)15(18)10-14-4-6-17-7-5-14/h8-9,14,17H,4-7,10H2,1-3H3. The van der Waals surface area contributed by atoms with Crippen molar-refractivity contribution in [2.75, 3.05) is 13.1 Å². The zero-order chi connectivity index (χ0) is 13.1. The van der Waals surface area contributed by atoms with E-state index in [1.807, 2.05) is 0 Å². The second-order valence-corrected chi connectivity index (χ2v) is 5.59. The molecule has 0 amide bonds. The van der Waals surface area contributed by atoms with E-state index >= 15 is 0 Å². The Labute approximate surface area is 110 Å². The molecule has 1 N–H and O–H groups in total. The van der Waals surface area contributed by atoms with Crippen LogP contribution in [0.15, 0.2) is 12.1 Å². The second-order valence-electron chi connectivity index (χ2n) is 5.59. The maximum absolute atomic E-state index is 12.4. The molecule has 1 fully saturated rings. The predicted octanol–water partition coefficient (Wildman–Crippen LogP) is 3.18. The lowest BCUT2D eigenvalue weighted by Crippen LogP contribution is -2.29. The zero-order valence-corrected chi connectivity index (χ0v) is 11.7. The summed E-state index contributed by atoms with van der Waals surface area (Å²) < 4.78 is 0. The van der Waals surface area contributed by atoms with E-state index in [-0.39, 0.29) is 0 Å². The van der Waals surface area contributed by atoms with Crippen molar-refractivity contribution in [1.82, 2.24) is 5.32 Å². The molecule has 0 bridgehead atoms. The smallest absolute Gasteiger partial charge is 0.163 e. The normalized spacial score (nSPS) is 16.8. The molecule has 0 atom stereocenters. The van der Waals surface area contributed by atoms with E-state index in [2.05, 4.69) is 38.2 Å². The Kier molecular flexibility index (Phi) is 4.18. The molecular weight excluding hydrogens is 222 g/mol. The largest absolute Gasteiger partial charge is 0.317 e. The van der Waals surface area contributed by atoms with Gasteiger partial charge in [0.25, 0.3) is 0 Å². The quantitative estimate of drug-likeness (QED) is 0.829. The van der Waals surface area contributed by atoms with Crippen molar-refractivity contribution in [3.8, 4) is 0 Å². The molecule has 18 heavy (non-hydrogen) atoms. The Hall–Kier alpha value is -1.15. The fourth-order valence-corrected chi connectivity index (χ4v) is 3.07. The van der Waals surface area contributed by atoms with Crippen LogP contribution in [0.25, 0.3) is 0 Å². The number of benzene rings is 1. The third-order valence-corrected chi connectivity index (χ3v) is 3.89. The predicted molar refractivity (Wildman–Crippen MR) is 75.2 cm³/mol. The van der Waals surface area contributed by atoms with Gasteiger partial charge in [-0.1, -0.05) is 17.7 Å². The van der Waals surface area contributed by atoms with Crippen LogP contribution in [0.1, 0.15) is 46.3 Å². The molecule has 2 rings (SSSR count). The maximum Gasteiger partial charge on any atom is 0.163 e.